The molecule has 0 bridgehead atoms. The lowest BCUT2D eigenvalue weighted by Gasteiger charge is -2.32. The Balaban J connectivity index is 2.08. The van der Waals surface area contributed by atoms with Gasteiger partial charge in [0.2, 0.25) is 0 Å². The van der Waals surface area contributed by atoms with Crippen LogP contribution in [0.3, 0.4) is 0 Å². The van der Waals surface area contributed by atoms with Gasteiger partial charge in [0.15, 0.2) is 0 Å². The van der Waals surface area contributed by atoms with Crippen LogP contribution < -0.4 is 9.64 Å². The van der Waals surface area contributed by atoms with Crippen molar-refractivity contribution < 1.29 is 13.7 Å². The van der Waals surface area contributed by atoms with Crippen LogP contribution in [0.2, 0.25) is 0 Å². The monoisotopic (exact) mass is 385 g/mol. The largest absolute Gasteiger partial charge is 0.488 e. The molecule has 0 radical (unpaired) electrons. The lowest BCUT2D eigenvalue weighted by molar-refractivity contribution is -0.888. The van der Waals surface area contributed by atoms with Gasteiger partial charge in [-0.1, -0.05) is 18.2 Å². The first-order valence-corrected chi connectivity index (χ1v) is 10.5. The maximum absolute atomic E-state index is 5.98. The quantitative estimate of drug-likeness (QED) is 0.532. The third-order valence-electron chi connectivity index (χ3n) is 5.82. The van der Waals surface area contributed by atoms with E-state index in [1.807, 2.05) is 0 Å². The first kappa shape index (κ1) is 22.3. The van der Waals surface area contributed by atoms with Crippen molar-refractivity contribution in [3.63, 3.8) is 0 Å². The molecule has 0 amide bonds. The molecule has 0 unspecified atom stereocenters. The molecule has 4 heteroatoms. The third-order valence-corrected chi connectivity index (χ3v) is 5.82. The van der Waals surface area contributed by atoms with Gasteiger partial charge < -0.3 is 18.6 Å². The van der Waals surface area contributed by atoms with Crippen molar-refractivity contribution in [3.05, 3.63) is 54.6 Å². The molecule has 0 aliphatic heterocycles. The van der Waals surface area contributed by atoms with E-state index in [1.54, 1.807) is 0 Å². The summed E-state index contributed by atoms with van der Waals surface area (Å²) in [7, 11) is 9.05. The molecule has 0 saturated heterocycles. The number of anilines is 2. The lowest BCUT2D eigenvalue weighted by atomic mass is 10.2. The molecule has 0 atom stereocenters. The smallest absolute Gasteiger partial charge is 0.137 e. The molecule has 0 aliphatic rings. The van der Waals surface area contributed by atoms with Crippen LogP contribution in [0.5, 0.6) is 5.75 Å². The number of hydrogen-bond donors (Lipinski definition) is 0. The number of quaternary nitrogens is 2. The first-order valence-electron chi connectivity index (χ1n) is 10.5. The van der Waals surface area contributed by atoms with Crippen LogP contribution in [0.1, 0.15) is 13.8 Å². The zero-order valence-electron chi connectivity index (χ0n) is 18.7. The number of rotatable bonds is 11. The van der Waals surface area contributed by atoms with E-state index in [0.29, 0.717) is 0 Å². The average molecular weight is 386 g/mol. The van der Waals surface area contributed by atoms with Crippen molar-refractivity contribution in [2.75, 3.05) is 72.4 Å². The molecule has 2 aromatic carbocycles. The van der Waals surface area contributed by atoms with E-state index in [9.17, 15) is 0 Å². The van der Waals surface area contributed by atoms with Gasteiger partial charge in [0.1, 0.15) is 18.9 Å². The summed E-state index contributed by atoms with van der Waals surface area (Å²) in [6.07, 6.45) is 0. The summed E-state index contributed by atoms with van der Waals surface area (Å²) in [6, 6.07) is 19.2. The van der Waals surface area contributed by atoms with Gasteiger partial charge in [0.25, 0.3) is 0 Å². The summed E-state index contributed by atoms with van der Waals surface area (Å²) in [5.41, 5.74) is 2.44. The summed E-state index contributed by atoms with van der Waals surface area (Å²) in [4.78, 5) is 2.40. The molecule has 0 N–H and O–H groups in total. The molecule has 4 nitrogen and oxygen atoms in total. The van der Waals surface area contributed by atoms with E-state index < -0.39 is 0 Å². The Kier molecular flexibility index (Phi) is 7.90. The van der Waals surface area contributed by atoms with Crippen molar-refractivity contribution >= 4 is 11.4 Å². The first-order chi connectivity index (χ1) is 13.3. The van der Waals surface area contributed by atoms with E-state index in [0.717, 1.165) is 54.0 Å². The Morgan fingerprint density at radius 1 is 0.714 bits per heavy atom. The highest BCUT2D eigenvalue weighted by Crippen LogP contribution is 2.27. The van der Waals surface area contributed by atoms with Gasteiger partial charge >= 0.3 is 0 Å². The van der Waals surface area contributed by atoms with Crippen molar-refractivity contribution in [1.82, 2.24) is 0 Å². The number of hydrogen-bond acceptors (Lipinski definition) is 2. The molecule has 0 aliphatic carbocycles. The van der Waals surface area contributed by atoms with E-state index in [1.165, 1.54) is 11.4 Å². The minimum Gasteiger partial charge on any atom is -0.488 e. The third kappa shape index (κ3) is 6.84. The molecule has 2 rings (SSSR count). The molecule has 2 aromatic rings. The second-order valence-electron chi connectivity index (χ2n) is 8.78. The van der Waals surface area contributed by atoms with Gasteiger partial charge in [-0.15, -0.1) is 0 Å². The second-order valence-corrected chi connectivity index (χ2v) is 8.78. The van der Waals surface area contributed by atoms with Gasteiger partial charge in [-0.3, -0.25) is 0 Å². The Hall–Kier alpha value is -2.04. The van der Waals surface area contributed by atoms with Gasteiger partial charge in [-0.05, 0) is 50.2 Å². The summed E-state index contributed by atoms with van der Waals surface area (Å²) >= 11 is 0. The second kappa shape index (κ2) is 9.94. The van der Waals surface area contributed by atoms with Gasteiger partial charge in [-0.25, -0.2) is 0 Å². The molecule has 0 aromatic heterocycles. The summed E-state index contributed by atoms with van der Waals surface area (Å²) in [5.74, 6) is 0.942. The molecule has 28 heavy (non-hydrogen) atoms. The van der Waals surface area contributed by atoms with Crippen molar-refractivity contribution in [2.45, 2.75) is 13.8 Å². The number of para-hydroxylation sites is 1. The fourth-order valence-corrected chi connectivity index (χ4v) is 2.84. The number of benzene rings is 2. The normalized spacial score (nSPS) is 12.1. The highest BCUT2D eigenvalue weighted by Gasteiger charge is 2.17. The van der Waals surface area contributed by atoms with Gasteiger partial charge in [-0.2, -0.15) is 0 Å². The van der Waals surface area contributed by atoms with Crippen LogP contribution in [0.4, 0.5) is 11.4 Å². The minimum atomic E-state index is 0.741. The van der Waals surface area contributed by atoms with Gasteiger partial charge in [0, 0.05) is 11.4 Å². The molecule has 0 spiro atoms. The maximum atomic E-state index is 5.98. The lowest BCUT2D eigenvalue weighted by Crippen LogP contribution is -2.44. The van der Waals surface area contributed by atoms with Crippen LogP contribution >= 0.6 is 0 Å². The number of likely N-dealkylation sites (N-methyl/N-ethyl adjacent to an activating group) is 2. The van der Waals surface area contributed by atoms with E-state index in [2.05, 4.69) is 102 Å². The Bertz CT molecular complexity index is 696. The Morgan fingerprint density at radius 2 is 1.25 bits per heavy atom. The fourth-order valence-electron chi connectivity index (χ4n) is 2.84. The number of ether oxygens (including phenoxy) is 1. The van der Waals surface area contributed by atoms with Crippen molar-refractivity contribution in [2.24, 2.45) is 0 Å². The topological polar surface area (TPSA) is 12.5 Å². The predicted molar refractivity (Wildman–Crippen MR) is 120 cm³/mol. The van der Waals surface area contributed by atoms with Crippen LogP contribution in [0.25, 0.3) is 0 Å². The van der Waals surface area contributed by atoms with Crippen molar-refractivity contribution in [3.8, 4) is 5.75 Å². The van der Waals surface area contributed by atoms with E-state index in [-0.39, 0.29) is 0 Å². The maximum Gasteiger partial charge on any atom is 0.137 e. The summed E-state index contributed by atoms with van der Waals surface area (Å²) < 4.78 is 7.97. The molecule has 154 valence electrons. The fraction of sp³-hybridized carbons (Fsp3) is 0.500. The van der Waals surface area contributed by atoms with Crippen LogP contribution in [-0.2, 0) is 0 Å². The summed E-state index contributed by atoms with van der Waals surface area (Å²) in [5, 5.41) is 0. The zero-order chi connectivity index (χ0) is 20.6. The molecular formula is C24H39N3O+2. The molecule has 0 fully saturated rings. The molecule has 0 heterocycles. The standard InChI is InChI=1S/C24H39N3O/c1-7-26(3,4)19-18-25(22-12-10-9-11-13-22)23-14-16-24(17-15-23)28-21-20-27(5,6)8-2/h9-17H,7-8,18-21H2,1-6H3/q+2. The van der Waals surface area contributed by atoms with E-state index in [4.69, 9.17) is 4.74 Å². The Labute approximate surface area is 172 Å². The highest BCUT2D eigenvalue weighted by molar-refractivity contribution is 5.63. The van der Waals surface area contributed by atoms with Crippen LogP contribution in [-0.4, -0.2) is 76.5 Å². The molecule has 0 saturated carbocycles. The SMILES string of the molecule is CC[N+](C)(C)CCOc1ccc(N(CC[N+](C)(C)CC)c2ccccc2)cc1. The molecular weight excluding hydrogens is 346 g/mol. The van der Waals surface area contributed by atoms with E-state index >= 15 is 0 Å². The van der Waals surface area contributed by atoms with Crippen LogP contribution in [0, 0.1) is 0 Å². The minimum absolute atomic E-state index is 0.741. The average Bonchev–Trinajstić information content (AvgIpc) is 2.70. The van der Waals surface area contributed by atoms with Crippen molar-refractivity contribution in [1.29, 1.82) is 0 Å². The number of nitrogens with zero attached hydrogens (tertiary/aromatic N) is 3. The Morgan fingerprint density at radius 3 is 1.82 bits per heavy atom. The summed E-state index contributed by atoms with van der Waals surface area (Å²) in [6.45, 7) is 10.5. The van der Waals surface area contributed by atoms with Crippen LogP contribution in [0.15, 0.2) is 54.6 Å². The van der Waals surface area contributed by atoms with Gasteiger partial charge in [0.05, 0.1) is 54.4 Å². The zero-order valence-corrected chi connectivity index (χ0v) is 18.7. The predicted octanol–water partition coefficient (Wildman–Crippen LogP) is 4.40. The highest BCUT2D eigenvalue weighted by atomic mass is 16.5.